The molecule has 0 N–H and O–H groups in total. The smallest absolute Gasteiger partial charge is 0.302 e. The summed E-state index contributed by atoms with van der Waals surface area (Å²) in [6, 6.07) is 0. The van der Waals surface area contributed by atoms with Crippen LogP contribution in [0.15, 0.2) is 0 Å². The molecule has 1 unspecified atom stereocenters. The van der Waals surface area contributed by atoms with Crippen molar-refractivity contribution in [2.75, 3.05) is 0 Å². The lowest BCUT2D eigenvalue weighted by molar-refractivity contribution is -0.147. The van der Waals surface area contributed by atoms with Crippen LogP contribution in [0.25, 0.3) is 0 Å². The molecule has 0 saturated heterocycles. The number of hydrogen-bond acceptors (Lipinski definition) is 2. The van der Waals surface area contributed by atoms with Crippen LogP contribution >= 0.6 is 0 Å². The van der Waals surface area contributed by atoms with E-state index in [1.165, 1.54) is 64.7 Å². The maximum atomic E-state index is 11.0. The van der Waals surface area contributed by atoms with Crippen LogP contribution in [0.1, 0.15) is 97.8 Å². The fourth-order valence-corrected chi connectivity index (χ4v) is 2.43. The Hall–Kier alpha value is -0.530. The minimum atomic E-state index is -0.124. The number of hydrogen-bond donors (Lipinski definition) is 0. The topological polar surface area (TPSA) is 26.3 Å². The largest absolute Gasteiger partial charge is 0.463 e. The number of rotatable bonds is 13. The van der Waals surface area contributed by atoms with Gasteiger partial charge in [0.15, 0.2) is 0 Å². The molecule has 0 rings (SSSR count). The van der Waals surface area contributed by atoms with E-state index in [1.54, 1.807) is 0 Å². The van der Waals surface area contributed by atoms with Gasteiger partial charge in [-0.15, -0.1) is 0 Å². The lowest BCUT2D eigenvalue weighted by Crippen LogP contribution is -2.16. The van der Waals surface area contributed by atoms with Crippen molar-refractivity contribution in [3.05, 3.63) is 0 Å². The summed E-state index contributed by atoms with van der Waals surface area (Å²) < 4.78 is 5.37. The molecular formula is C17H34O2. The first-order chi connectivity index (χ1) is 9.20. The zero-order valence-corrected chi connectivity index (χ0v) is 13.4. The minimum absolute atomic E-state index is 0.124. The summed E-state index contributed by atoms with van der Waals surface area (Å²) in [5.74, 6) is -0.124. The van der Waals surface area contributed by atoms with Crippen LogP contribution in [0.3, 0.4) is 0 Å². The number of carbonyl (C=O) groups is 1. The van der Waals surface area contributed by atoms with Crippen LogP contribution in [0.2, 0.25) is 0 Å². The SMILES string of the molecule is CCCCCCCCCCC(CCCC)OC(C)=O. The highest BCUT2D eigenvalue weighted by Gasteiger charge is 2.10. The van der Waals surface area contributed by atoms with Gasteiger partial charge in [0.1, 0.15) is 6.10 Å². The molecule has 0 saturated carbocycles. The van der Waals surface area contributed by atoms with Gasteiger partial charge in [0.05, 0.1) is 0 Å². The third-order valence-electron chi connectivity index (χ3n) is 3.59. The molecule has 0 spiro atoms. The lowest BCUT2D eigenvalue weighted by atomic mass is 10.0. The molecule has 19 heavy (non-hydrogen) atoms. The Balaban J connectivity index is 3.48. The van der Waals surface area contributed by atoms with Crippen LogP contribution in [0.4, 0.5) is 0 Å². The van der Waals surface area contributed by atoms with E-state index in [4.69, 9.17) is 4.74 Å². The van der Waals surface area contributed by atoms with Crippen molar-refractivity contribution in [3.8, 4) is 0 Å². The highest BCUT2D eigenvalue weighted by Crippen LogP contribution is 2.15. The summed E-state index contributed by atoms with van der Waals surface area (Å²) in [5, 5.41) is 0. The van der Waals surface area contributed by atoms with Gasteiger partial charge < -0.3 is 4.74 Å². The van der Waals surface area contributed by atoms with Gasteiger partial charge in [-0.3, -0.25) is 4.79 Å². The van der Waals surface area contributed by atoms with Crippen molar-refractivity contribution in [1.82, 2.24) is 0 Å². The molecule has 0 amide bonds. The Kier molecular flexibility index (Phi) is 13.5. The monoisotopic (exact) mass is 270 g/mol. The zero-order chi connectivity index (χ0) is 14.3. The van der Waals surface area contributed by atoms with Gasteiger partial charge in [-0.05, 0) is 19.3 Å². The summed E-state index contributed by atoms with van der Waals surface area (Å²) in [5.41, 5.74) is 0. The molecule has 1 atom stereocenters. The van der Waals surface area contributed by atoms with Crippen molar-refractivity contribution in [2.24, 2.45) is 0 Å². The molecule has 0 aromatic rings. The second-order valence-corrected chi connectivity index (χ2v) is 5.64. The minimum Gasteiger partial charge on any atom is -0.463 e. The summed E-state index contributed by atoms with van der Waals surface area (Å²) in [4.78, 5) is 11.0. The van der Waals surface area contributed by atoms with Crippen molar-refractivity contribution in [2.45, 2.75) is 104 Å². The molecule has 0 radical (unpaired) electrons. The van der Waals surface area contributed by atoms with Crippen molar-refractivity contribution >= 4 is 5.97 Å². The van der Waals surface area contributed by atoms with E-state index >= 15 is 0 Å². The molecule has 0 bridgehead atoms. The van der Waals surface area contributed by atoms with Crippen LogP contribution in [-0.4, -0.2) is 12.1 Å². The van der Waals surface area contributed by atoms with Gasteiger partial charge in [-0.2, -0.15) is 0 Å². The Morgan fingerprint density at radius 3 is 1.79 bits per heavy atom. The van der Waals surface area contributed by atoms with Crippen molar-refractivity contribution in [1.29, 1.82) is 0 Å². The average Bonchev–Trinajstić information content (AvgIpc) is 2.38. The maximum absolute atomic E-state index is 11.0. The molecule has 0 aliphatic rings. The predicted molar refractivity (Wildman–Crippen MR) is 82.3 cm³/mol. The quantitative estimate of drug-likeness (QED) is 0.320. The maximum Gasteiger partial charge on any atom is 0.302 e. The Bertz CT molecular complexity index is 201. The van der Waals surface area contributed by atoms with Crippen molar-refractivity contribution in [3.63, 3.8) is 0 Å². The lowest BCUT2D eigenvalue weighted by Gasteiger charge is -2.16. The molecule has 0 fully saturated rings. The van der Waals surface area contributed by atoms with Gasteiger partial charge in [-0.1, -0.05) is 71.6 Å². The highest BCUT2D eigenvalue weighted by atomic mass is 16.5. The summed E-state index contributed by atoms with van der Waals surface area (Å²) in [6.45, 7) is 5.96. The van der Waals surface area contributed by atoms with Gasteiger partial charge >= 0.3 is 5.97 Å². The molecule has 114 valence electrons. The van der Waals surface area contributed by atoms with E-state index in [1.807, 2.05) is 0 Å². The third kappa shape index (κ3) is 13.7. The standard InChI is InChI=1S/C17H34O2/c1-4-6-8-9-10-11-12-13-15-17(14-7-5-2)19-16(3)18/h17H,4-15H2,1-3H3. The average molecular weight is 270 g/mol. The first kappa shape index (κ1) is 18.5. The van der Waals surface area contributed by atoms with Crippen LogP contribution in [0, 0.1) is 0 Å². The highest BCUT2D eigenvalue weighted by molar-refractivity contribution is 5.66. The van der Waals surface area contributed by atoms with Crippen LogP contribution < -0.4 is 0 Å². The summed E-state index contributed by atoms with van der Waals surface area (Å²) in [7, 11) is 0. The number of esters is 1. The molecule has 2 nitrogen and oxygen atoms in total. The number of unbranched alkanes of at least 4 members (excludes halogenated alkanes) is 8. The first-order valence-corrected chi connectivity index (χ1v) is 8.37. The number of ether oxygens (including phenoxy) is 1. The second kappa shape index (κ2) is 13.9. The molecule has 2 heteroatoms. The Labute approximate surface area is 120 Å². The summed E-state index contributed by atoms with van der Waals surface area (Å²) >= 11 is 0. The first-order valence-electron chi connectivity index (χ1n) is 8.37. The fraction of sp³-hybridized carbons (Fsp3) is 0.941. The van der Waals surface area contributed by atoms with Crippen LogP contribution in [0.5, 0.6) is 0 Å². The van der Waals surface area contributed by atoms with Gasteiger partial charge in [0.25, 0.3) is 0 Å². The summed E-state index contributed by atoms with van der Waals surface area (Å²) in [6.07, 6.45) is 15.3. The third-order valence-corrected chi connectivity index (χ3v) is 3.59. The predicted octanol–water partition coefficient (Wildman–Crippen LogP) is 5.64. The van der Waals surface area contributed by atoms with E-state index in [0.29, 0.717) is 0 Å². The van der Waals surface area contributed by atoms with E-state index < -0.39 is 0 Å². The molecule has 0 aromatic carbocycles. The molecule has 0 aliphatic carbocycles. The second-order valence-electron chi connectivity index (χ2n) is 5.64. The Morgan fingerprint density at radius 2 is 1.26 bits per heavy atom. The van der Waals surface area contributed by atoms with E-state index in [9.17, 15) is 4.79 Å². The van der Waals surface area contributed by atoms with Crippen LogP contribution in [-0.2, 0) is 9.53 Å². The molecule has 0 heterocycles. The normalized spacial score (nSPS) is 12.4. The Morgan fingerprint density at radius 1 is 0.789 bits per heavy atom. The molecule has 0 aliphatic heterocycles. The number of carbonyl (C=O) groups excluding carboxylic acids is 1. The molecule has 0 aromatic heterocycles. The van der Waals surface area contributed by atoms with E-state index in [0.717, 1.165) is 19.3 Å². The van der Waals surface area contributed by atoms with Gasteiger partial charge in [-0.25, -0.2) is 0 Å². The van der Waals surface area contributed by atoms with Gasteiger partial charge in [0.2, 0.25) is 0 Å². The van der Waals surface area contributed by atoms with Gasteiger partial charge in [0, 0.05) is 6.92 Å². The van der Waals surface area contributed by atoms with E-state index in [-0.39, 0.29) is 12.1 Å². The van der Waals surface area contributed by atoms with Crippen molar-refractivity contribution < 1.29 is 9.53 Å². The molecular weight excluding hydrogens is 236 g/mol. The van der Waals surface area contributed by atoms with E-state index in [2.05, 4.69) is 13.8 Å². The fourth-order valence-electron chi connectivity index (χ4n) is 2.43. The zero-order valence-electron chi connectivity index (χ0n) is 13.4.